The van der Waals surface area contributed by atoms with Crippen molar-refractivity contribution in [1.29, 1.82) is 5.26 Å². The first kappa shape index (κ1) is 27.6. The van der Waals surface area contributed by atoms with Gasteiger partial charge >= 0.3 is 6.09 Å². The second-order valence-electron chi connectivity index (χ2n) is 10.3. The molecule has 3 heterocycles. The van der Waals surface area contributed by atoms with Crippen molar-refractivity contribution in [3.63, 3.8) is 0 Å². The number of ether oxygens (including phenoxy) is 1. The first-order valence-electron chi connectivity index (χ1n) is 13.4. The number of aromatic nitrogens is 3. The van der Waals surface area contributed by atoms with Gasteiger partial charge in [-0.25, -0.2) is 14.8 Å². The van der Waals surface area contributed by atoms with Crippen LogP contribution in [0.15, 0.2) is 67.1 Å². The minimum atomic E-state index is -0.539. The number of carbonyl (C=O) groups is 1. The van der Waals surface area contributed by atoms with Gasteiger partial charge in [-0.05, 0) is 51.5 Å². The van der Waals surface area contributed by atoms with E-state index in [0.29, 0.717) is 25.2 Å². The zero-order chi connectivity index (χ0) is 28.2. The topological polar surface area (TPSA) is 87.3 Å². The second-order valence-corrected chi connectivity index (χ2v) is 10.3. The number of carbonyl (C=O) groups excluding carboxylic acids is 1. The molecule has 2 aromatic heterocycles. The van der Waals surface area contributed by atoms with Crippen molar-refractivity contribution in [2.75, 3.05) is 24.5 Å². The molecule has 0 aliphatic carbocycles. The molecule has 8 nitrogen and oxygen atoms in total. The number of hydrogen-bond acceptors (Lipinski definition) is 6. The van der Waals surface area contributed by atoms with Crippen molar-refractivity contribution in [3.05, 3.63) is 72.7 Å². The van der Waals surface area contributed by atoms with Gasteiger partial charge in [-0.1, -0.05) is 50.2 Å². The van der Waals surface area contributed by atoms with Gasteiger partial charge in [0, 0.05) is 43.1 Å². The Kier molecular flexibility index (Phi) is 8.20. The molecule has 1 aliphatic heterocycles. The fraction of sp³-hybridized carbons (Fsp3) is 0.355. The number of fused-ring (bicyclic) bond motifs is 1. The Balaban J connectivity index is 0.00000172. The Morgan fingerprint density at radius 1 is 1.05 bits per heavy atom. The number of nitrogens with zero attached hydrogens (tertiary/aromatic N) is 6. The molecule has 1 atom stereocenters. The van der Waals surface area contributed by atoms with Crippen LogP contribution in [0.25, 0.3) is 27.8 Å². The predicted octanol–water partition coefficient (Wildman–Crippen LogP) is 6.43. The Labute approximate surface area is 230 Å². The molecule has 202 valence electrons. The van der Waals surface area contributed by atoms with E-state index in [2.05, 4.69) is 34.3 Å². The van der Waals surface area contributed by atoms with Gasteiger partial charge < -0.3 is 19.1 Å². The molecule has 0 spiro atoms. The summed E-state index contributed by atoms with van der Waals surface area (Å²) in [6.07, 6.45) is 3.36. The molecule has 1 saturated heterocycles. The van der Waals surface area contributed by atoms with Crippen LogP contribution < -0.4 is 4.90 Å². The molecule has 39 heavy (non-hydrogen) atoms. The van der Waals surface area contributed by atoms with Gasteiger partial charge in [0.25, 0.3) is 0 Å². The maximum absolute atomic E-state index is 12.8. The van der Waals surface area contributed by atoms with E-state index < -0.39 is 5.60 Å². The van der Waals surface area contributed by atoms with Gasteiger partial charge in [-0.2, -0.15) is 5.26 Å². The number of piperazine rings is 1. The highest BCUT2D eigenvalue weighted by Gasteiger charge is 2.32. The molecular formula is C31H36N6O2. The van der Waals surface area contributed by atoms with Crippen molar-refractivity contribution >= 4 is 22.9 Å². The molecule has 1 fully saturated rings. The molecule has 0 radical (unpaired) electrons. The molecule has 0 saturated carbocycles. The Hall–Kier alpha value is -4.38. The van der Waals surface area contributed by atoms with Gasteiger partial charge in [0.05, 0.1) is 17.0 Å². The van der Waals surface area contributed by atoms with Crippen LogP contribution >= 0.6 is 0 Å². The van der Waals surface area contributed by atoms with Crippen LogP contribution in [0.2, 0.25) is 0 Å². The van der Waals surface area contributed by atoms with Gasteiger partial charge in [0.15, 0.2) is 5.65 Å². The molecule has 5 rings (SSSR count). The van der Waals surface area contributed by atoms with Crippen LogP contribution in [0.1, 0.15) is 47.1 Å². The summed E-state index contributed by atoms with van der Waals surface area (Å²) < 4.78 is 7.64. The number of amides is 1. The highest BCUT2D eigenvalue weighted by Crippen LogP contribution is 2.37. The molecule has 4 aromatic rings. The van der Waals surface area contributed by atoms with Crippen molar-refractivity contribution in [2.45, 2.75) is 53.2 Å². The number of hydrogen-bond donors (Lipinski definition) is 0. The lowest BCUT2D eigenvalue weighted by atomic mass is 10.1. The third-order valence-electron chi connectivity index (χ3n) is 6.46. The summed E-state index contributed by atoms with van der Waals surface area (Å²) in [5, 5.41) is 10.4. The van der Waals surface area contributed by atoms with E-state index in [1.165, 1.54) is 0 Å². The monoisotopic (exact) mass is 524 g/mol. The number of anilines is 1. The Morgan fingerprint density at radius 3 is 2.46 bits per heavy atom. The van der Waals surface area contributed by atoms with E-state index in [0.717, 1.165) is 33.7 Å². The number of nitriles is 1. The van der Waals surface area contributed by atoms with E-state index in [1.54, 1.807) is 17.3 Å². The fourth-order valence-electron chi connectivity index (χ4n) is 4.79. The number of rotatable bonds is 3. The highest BCUT2D eigenvalue weighted by atomic mass is 16.6. The molecular weight excluding hydrogens is 488 g/mol. The van der Waals surface area contributed by atoms with Crippen molar-refractivity contribution in [2.24, 2.45) is 0 Å². The smallest absolute Gasteiger partial charge is 0.410 e. The second kappa shape index (κ2) is 11.6. The SMILES string of the molecule is CC.CC1CN(c2ncnc3c2c(-c2ccccc2)cn3-c2cccc(C#N)c2)CCN1C(=O)OC(C)(C)C. The quantitative estimate of drug-likeness (QED) is 0.307. The van der Waals surface area contributed by atoms with E-state index in [9.17, 15) is 10.1 Å². The minimum absolute atomic E-state index is 0.0526. The van der Waals surface area contributed by atoms with Crippen LogP contribution in [0, 0.1) is 11.3 Å². The lowest BCUT2D eigenvalue weighted by Gasteiger charge is -2.40. The third-order valence-corrected chi connectivity index (χ3v) is 6.46. The van der Waals surface area contributed by atoms with E-state index in [4.69, 9.17) is 9.72 Å². The summed E-state index contributed by atoms with van der Waals surface area (Å²) >= 11 is 0. The lowest BCUT2D eigenvalue weighted by molar-refractivity contribution is 0.0159. The third kappa shape index (κ3) is 5.88. The van der Waals surface area contributed by atoms with Crippen LogP contribution in [-0.2, 0) is 4.74 Å². The summed E-state index contributed by atoms with van der Waals surface area (Å²) in [6, 6.07) is 19.8. The van der Waals surface area contributed by atoms with E-state index in [1.807, 2.05) is 82.5 Å². The summed E-state index contributed by atoms with van der Waals surface area (Å²) in [7, 11) is 0. The molecule has 1 unspecified atom stereocenters. The molecule has 0 bridgehead atoms. The van der Waals surface area contributed by atoms with Gasteiger partial charge in [-0.3, -0.25) is 0 Å². The van der Waals surface area contributed by atoms with Crippen LogP contribution in [0.4, 0.5) is 10.6 Å². The average molecular weight is 525 g/mol. The summed E-state index contributed by atoms with van der Waals surface area (Å²) in [5.74, 6) is 0.828. The Morgan fingerprint density at radius 2 is 1.79 bits per heavy atom. The van der Waals surface area contributed by atoms with Crippen LogP contribution in [0.5, 0.6) is 0 Å². The minimum Gasteiger partial charge on any atom is -0.444 e. The van der Waals surface area contributed by atoms with Gasteiger partial charge in [0.2, 0.25) is 0 Å². The van der Waals surface area contributed by atoms with Crippen LogP contribution in [-0.4, -0.2) is 56.8 Å². The van der Waals surface area contributed by atoms with Crippen molar-refractivity contribution in [1.82, 2.24) is 19.4 Å². The highest BCUT2D eigenvalue weighted by molar-refractivity contribution is 6.02. The van der Waals surface area contributed by atoms with Crippen LogP contribution in [0.3, 0.4) is 0 Å². The summed E-state index contributed by atoms with van der Waals surface area (Å²) in [4.78, 5) is 26.2. The zero-order valence-corrected chi connectivity index (χ0v) is 23.5. The Bertz CT molecular complexity index is 1480. The zero-order valence-electron chi connectivity index (χ0n) is 23.5. The molecule has 2 aromatic carbocycles. The van der Waals surface area contributed by atoms with E-state index >= 15 is 0 Å². The standard InChI is InChI=1S/C29H30N6O2.C2H6/c1-20-17-33(13-14-34(20)28(36)37-29(2,3)4)26-25-24(22-10-6-5-7-11-22)18-35(27(25)32-19-31-26)23-12-8-9-21(15-23)16-30;1-2/h5-12,15,18-20H,13-14,17H2,1-4H3;1-2H3. The van der Waals surface area contributed by atoms with Gasteiger partial charge in [0.1, 0.15) is 17.7 Å². The first-order chi connectivity index (χ1) is 18.7. The maximum atomic E-state index is 12.8. The maximum Gasteiger partial charge on any atom is 0.410 e. The molecule has 1 amide bonds. The largest absolute Gasteiger partial charge is 0.444 e. The number of benzene rings is 2. The molecule has 8 heteroatoms. The summed E-state index contributed by atoms with van der Waals surface area (Å²) in [5.41, 5.74) is 3.74. The normalized spacial score (nSPS) is 15.4. The fourth-order valence-corrected chi connectivity index (χ4v) is 4.79. The van der Waals surface area contributed by atoms with E-state index in [-0.39, 0.29) is 12.1 Å². The van der Waals surface area contributed by atoms with Crippen molar-refractivity contribution < 1.29 is 9.53 Å². The first-order valence-corrected chi connectivity index (χ1v) is 13.4. The average Bonchev–Trinajstić information content (AvgIpc) is 3.33. The van der Waals surface area contributed by atoms with Crippen molar-refractivity contribution in [3.8, 4) is 22.9 Å². The predicted molar refractivity (Wildman–Crippen MR) is 155 cm³/mol. The lowest BCUT2D eigenvalue weighted by Crippen LogP contribution is -2.55. The summed E-state index contributed by atoms with van der Waals surface area (Å²) in [6.45, 7) is 13.5. The molecule has 0 N–H and O–H groups in total. The van der Waals surface area contributed by atoms with Gasteiger partial charge in [-0.15, -0.1) is 0 Å². The molecule has 1 aliphatic rings.